The van der Waals surface area contributed by atoms with Crippen LogP contribution in [0.4, 0.5) is 0 Å². The van der Waals surface area contributed by atoms with Crippen LogP contribution >= 0.6 is 0 Å². The first-order valence-electron chi connectivity index (χ1n) is 11.3. The second-order valence-electron chi connectivity index (χ2n) is 7.34. The first kappa shape index (κ1) is 13.5. The van der Waals surface area contributed by atoms with Crippen LogP contribution in [0.3, 0.4) is 0 Å². The van der Waals surface area contributed by atoms with E-state index in [1.165, 1.54) is 0 Å². The molecule has 3 nitrogen and oxygen atoms in total. The van der Waals surface area contributed by atoms with E-state index in [0.29, 0.717) is 11.3 Å². The molecule has 0 aliphatic carbocycles. The van der Waals surface area contributed by atoms with Gasteiger partial charge in [0.05, 0.1) is 5.56 Å². The summed E-state index contributed by atoms with van der Waals surface area (Å²) in [6.45, 7) is 5.20. The van der Waals surface area contributed by atoms with E-state index in [0.717, 1.165) is 45.3 Å². The van der Waals surface area contributed by atoms with Crippen LogP contribution < -0.4 is 4.57 Å². The van der Waals surface area contributed by atoms with Crippen molar-refractivity contribution in [1.29, 1.82) is 0 Å². The van der Waals surface area contributed by atoms with Crippen LogP contribution in [0.1, 0.15) is 54.5 Å². The smallest absolute Gasteiger partial charge is 0.227 e. The van der Waals surface area contributed by atoms with E-state index < -0.39 is 12.7 Å². The van der Waals surface area contributed by atoms with Crippen LogP contribution in [0.2, 0.25) is 0 Å². The van der Waals surface area contributed by atoms with Gasteiger partial charge >= 0.3 is 0 Å². The molecule has 0 radical (unpaired) electrons. The summed E-state index contributed by atoms with van der Waals surface area (Å²) in [6, 6.07) is 9.97. The van der Waals surface area contributed by atoms with Gasteiger partial charge in [-0.1, -0.05) is 32.9 Å². The van der Waals surface area contributed by atoms with Gasteiger partial charge in [-0.25, -0.2) is 9.55 Å². The van der Waals surface area contributed by atoms with E-state index in [1.807, 2.05) is 48.9 Å². The maximum Gasteiger partial charge on any atom is 0.227 e. The normalized spacial score (nSPS) is 14.9. The molecule has 3 aromatic heterocycles. The molecule has 138 valence electrons. The van der Waals surface area contributed by atoms with Crippen molar-refractivity contribution in [3.8, 4) is 11.3 Å². The number of nitrogens with zero attached hydrogens (tertiary/aromatic N) is 2. The molecule has 0 aliphatic rings. The topological polar surface area (TPSA) is 29.9 Å². The van der Waals surface area contributed by atoms with Gasteiger partial charge in [0.2, 0.25) is 11.4 Å². The lowest BCUT2D eigenvalue weighted by molar-refractivity contribution is -0.660. The maximum atomic E-state index is 8.58. The number of furan rings is 1. The molecule has 0 saturated carbocycles. The van der Waals surface area contributed by atoms with Crippen molar-refractivity contribution in [2.45, 2.75) is 46.9 Å². The third-order valence-corrected chi connectivity index (χ3v) is 5.20. The Morgan fingerprint density at radius 1 is 1.19 bits per heavy atom. The molecule has 0 fully saturated rings. The minimum atomic E-state index is -2.30. The number of rotatable bonds is 3. The molecule has 0 unspecified atom stereocenters. The molecule has 0 atom stereocenters. The Labute approximate surface area is 166 Å². The zero-order valence-electron chi connectivity index (χ0n) is 20.5. The fraction of sp³-hybridized carbons (Fsp3) is 0.333. The van der Waals surface area contributed by atoms with Crippen LogP contribution in [0.5, 0.6) is 0 Å². The predicted octanol–water partition coefficient (Wildman–Crippen LogP) is 5.78. The highest BCUT2D eigenvalue weighted by Crippen LogP contribution is 2.37. The number of hydrogen-bond acceptors (Lipinski definition) is 2. The van der Waals surface area contributed by atoms with Crippen molar-refractivity contribution in [1.82, 2.24) is 4.98 Å². The molecular weight excluding hydrogens is 332 g/mol. The monoisotopic (exact) mass is 363 g/mol. The van der Waals surface area contributed by atoms with Gasteiger partial charge in [-0.3, -0.25) is 0 Å². The van der Waals surface area contributed by atoms with Crippen molar-refractivity contribution >= 4 is 22.1 Å². The summed E-state index contributed by atoms with van der Waals surface area (Å²) in [5, 5.41) is 1.92. The highest BCUT2D eigenvalue weighted by Gasteiger charge is 2.23. The Hall–Kier alpha value is -2.68. The van der Waals surface area contributed by atoms with Crippen molar-refractivity contribution < 1.29 is 14.5 Å². The lowest BCUT2D eigenvalue weighted by Gasteiger charge is -2.12. The number of hydrogen-bond donors (Lipinski definition) is 0. The fourth-order valence-electron chi connectivity index (χ4n) is 3.68. The number of benzene rings is 1. The van der Waals surface area contributed by atoms with Crippen molar-refractivity contribution in [3.63, 3.8) is 0 Å². The predicted molar refractivity (Wildman–Crippen MR) is 111 cm³/mol. The molecular formula is C24H27N2O+. The summed E-state index contributed by atoms with van der Waals surface area (Å²) in [4.78, 5) is 4.64. The van der Waals surface area contributed by atoms with E-state index in [-0.39, 0.29) is 5.56 Å². The molecule has 4 rings (SSSR count). The third-order valence-electron chi connectivity index (χ3n) is 5.20. The molecule has 0 N–H and O–H groups in total. The van der Waals surface area contributed by atoms with Crippen LogP contribution in [0.15, 0.2) is 40.9 Å². The molecule has 4 aromatic rings. The largest absolute Gasteiger partial charge is 0.437 e. The van der Waals surface area contributed by atoms with E-state index in [2.05, 4.69) is 11.9 Å². The zero-order valence-corrected chi connectivity index (χ0v) is 16.5. The molecule has 1 aromatic carbocycles. The van der Waals surface area contributed by atoms with E-state index in [1.54, 1.807) is 20.0 Å². The lowest BCUT2D eigenvalue weighted by Crippen LogP contribution is -2.32. The molecule has 0 bridgehead atoms. The number of aryl methyl sites for hydroxylation is 4. The van der Waals surface area contributed by atoms with E-state index in [4.69, 9.17) is 9.90 Å². The Morgan fingerprint density at radius 2 is 1.96 bits per heavy atom. The summed E-state index contributed by atoms with van der Waals surface area (Å²) in [7, 11) is 1.83. The Kier molecular flexibility index (Phi) is 3.24. The standard InChI is InChI=1S/C24H27N2O/c1-7-17-9-11-19-18-10-8-15(4)22(23(18)27-24(19)25-17)21-12-20(14(2)3)16(5)13-26(21)6/h8-14H,7H2,1-6H3/q+1/i5D3,14D. The molecule has 3 heterocycles. The van der Waals surface area contributed by atoms with Gasteiger partial charge in [-0.2, -0.15) is 0 Å². The molecule has 3 heteroatoms. The van der Waals surface area contributed by atoms with Gasteiger partial charge in [-0.15, -0.1) is 0 Å². The van der Waals surface area contributed by atoms with Gasteiger partial charge in [0.15, 0.2) is 11.8 Å². The van der Waals surface area contributed by atoms with Crippen molar-refractivity contribution in [2.75, 3.05) is 0 Å². The highest BCUT2D eigenvalue weighted by molar-refractivity contribution is 6.08. The summed E-state index contributed by atoms with van der Waals surface area (Å²) in [5.74, 6) is -1.07. The third kappa shape index (κ3) is 2.82. The van der Waals surface area contributed by atoms with Gasteiger partial charge in [-0.05, 0) is 49.4 Å². The summed E-state index contributed by atoms with van der Waals surface area (Å²) in [6.07, 6.45) is 2.45. The van der Waals surface area contributed by atoms with E-state index >= 15 is 0 Å². The Balaban J connectivity index is 2.08. The quantitative estimate of drug-likeness (QED) is 0.432. The van der Waals surface area contributed by atoms with Crippen molar-refractivity contribution in [3.05, 3.63) is 58.9 Å². The molecule has 0 amide bonds. The number of fused-ring (bicyclic) bond motifs is 3. The van der Waals surface area contributed by atoms with Crippen LogP contribution in [-0.4, -0.2) is 4.98 Å². The summed E-state index contributed by atoms with van der Waals surface area (Å²) in [5.41, 5.74) is 5.68. The maximum absolute atomic E-state index is 8.58. The van der Waals surface area contributed by atoms with Crippen molar-refractivity contribution in [2.24, 2.45) is 7.05 Å². The minimum Gasteiger partial charge on any atom is -0.437 e. The van der Waals surface area contributed by atoms with Crippen LogP contribution in [0.25, 0.3) is 33.3 Å². The zero-order chi connectivity index (χ0) is 22.7. The molecule has 0 saturated heterocycles. The SMILES string of the molecule is [2H]C([2H])([2H])c1c[n+](C)c(-c2c(C)ccc3c2oc2nc(CC)ccc23)cc1C([2H])(C)C. The first-order chi connectivity index (χ1) is 14.4. The number of pyridine rings is 2. The summed E-state index contributed by atoms with van der Waals surface area (Å²) >= 11 is 0. The molecule has 27 heavy (non-hydrogen) atoms. The second kappa shape index (κ2) is 6.49. The molecule has 0 aliphatic heterocycles. The van der Waals surface area contributed by atoms with E-state index in [9.17, 15) is 0 Å². The average Bonchev–Trinajstić information content (AvgIpc) is 3.04. The average molecular weight is 364 g/mol. The van der Waals surface area contributed by atoms with Gasteiger partial charge in [0, 0.05) is 33.6 Å². The number of aromatic nitrogens is 2. The Morgan fingerprint density at radius 3 is 2.67 bits per heavy atom. The Bertz CT molecular complexity index is 1310. The fourth-order valence-corrected chi connectivity index (χ4v) is 3.68. The molecule has 0 spiro atoms. The first-order valence-corrected chi connectivity index (χ1v) is 9.28. The summed E-state index contributed by atoms with van der Waals surface area (Å²) < 4.78 is 40.5. The van der Waals surface area contributed by atoms with Gasteiger partial charge in [0.25, 0.3) is 0 Å². The van der Waals surface area contributed by atoms with Crippen LogP contribution in [-0.2, 0) is 13.5 Å². The minimum absolute atomic E-state index is 0.197. The van der Waals surface area contributed by atoms with Crippen LogP contribution in [0, 0.1) is 13.8 Å². The van der Waals surface area contributed by atoms with Gasteiger partial charge < -0.3 is 4.42 Å². The van der Waals surface area contributed by atoms with Gasteiger partial charge in [0.1, 0.15) is 7.05 Å². The lowest BCUT2D eigenvalue weighted by atomic mass is 9.94. The second-order valence-corrected chi connectivity index (χ2v) is 7.34. The highest BCUT2D eigenvalue weighted by atomic mass is 16.3.